The molecule has 0 N–H and O–H groups in total. The maximum absolute atomic E-state index is 2.54. The van der Waals surface area contributed by atoms with Gasteiger partial charge >= 0.3 is 0 Å². The average molecular weight is 301 g/mol. The minimum absolute atomic E-state index is 0.411. The van der Waals surface area contributed by atoms with Crippen molar-refractivity contribution in [2.24, 2.45) is 0 Å². The number of rotatable bonds is 5. The van der Waals surface area contributed by atoms with Crippen LogP contribution in [0.2, 0.25) is 18.1 Å². The molecular formula is C20H32Si. The van der Waals surface area contributed by atoms with Gasteiger partial charge in [-0.2, -0.15) is 0 Å². The highest BCUT2D eigenvalue weighted by molar-refractivity contribution is 6.87. The molecule has 0 heterocycles. The Morgan fingerprint density at radius 2 is 1.86 bits per heavy atom. The zero-order valence-electron chi connectivity index (χ0n) is 14.8. The molecule has 0 aromatic carbocycles. The predicted molar refractivity (Wildman–Crippen MR) is 98.3 cm³/mol. The summed E-state index contributed by atoms with van der Waals surface area (Å²) >= 11 is 0. The molecule has 0 bridgehead atoms. The lowest BCUT2D eigenvalue weighted by Crippen LogP contribution is -2.39. The SMILES string of the molecule is CCCCC1=CCC=C1C1=C([Si](C)(C)C(C)(C)C)C=CC1. The second-order valence-corrected chi connectivity index (χ2v) is 13.3. The first-order chi connectivity index (χ1) is 9.79. The fourth-order valence-corrected chi connectivity index (χ4v) is 5.56. The summed E-state index contributed by atoms with van der Waals surface area (Å²) in [6, 6.07) is 0. The smallest absolute Gasteiger partial charge is 0.0802 e. The molecule has 0 spiro atoms. The van der Waals surface area contributed by atoms with Crippen molar-refractivity contribution in [1.82, 2.24) is 0 Å². The third-order valence-corrected chi connectivity index (χ3v) is 11.2. The van der Waals surface area contributed by atoms with Gasteiger partial charge in [0, 0.05) is 0 Å². The number of hydrogen-bond acceptors (Lipinski definition) is 0. The molecule has 0 unspecified atom stereocenters. The lowest BCUT2D eigenvalue weighted by atomic mass is 9.96. The van der Waals surface area contributed by atoms with Gasteiger partial charge in [0.1, 0.15) is 0 Å². The molecule has 0 atom stereocenters. The molecule has 0 saturated carbocycles. The van der Waals surface area contributed by atoms with Gasteiger partial charge in [-0.15, -0.1) is 0 Å². The first-order valence-corrected chi connectivity index (χ1v) is 11.6. The van der Waals surface area contributed by atoms with Crippen molar-refractivity contribution in [1.29, 1.82) is 0 Å². The molecule has 0 aromatic rings. The summed E-state index contributed by atoms with van der Waals surface area (Å²) in [6.45, 7) is 14.6. The second kappa shape index (κ2) is 6.12. The standard InChI is InChI=1S/C20H32Si/c1-7-8-11-16-12-9-13-17(16)18-14-10-15-19(18)21(5,6)20(2,3)4/h10,12-13,15H,7-9,11,14H2,1-6H3. The van der Waals surface area contributed by atoms with E-state index in [1.165, 1.54) is 19.3 Å². The van der Waals surface area contributed by atoms with E-state index in [9.17, 15) is 0 Å². The highest BCUT2D eigenvalue weighted by Gasteiger charge is 2.40. The van der Waals surface area contributed by atoms with Gasteiger partial charge in [-0.1, -0.05) is 76.7 Å². The molecule has 2 aliphatic rings. The fourth-order valence-electron chi connectivity index (χ4n) is 3.23. The third-order valence-electron chi connectivity index (χ3n) is 5.64. The van der Waals surface area contributed by atoms with Crippen molar-refractivity contribution in [2.75, 3.05) is 0 Å². The molecule has 2 rings (SSSR count). The molecule has 0 aromatic heterocycles. The van der Waals surface area contributed by atoms with Crippen LogP contribution in [0.15, 0.2) is 46.2 Å². The first-order valence-electron chi connectivity index (χ1n) is 8.59. The maximum Gasteiger partial charge on any atom is 0.0863 e. The quantitative estimate of drug-likeness (QED) is 0.493. The minimum atomic E-state index is -1.44. The molecule has 0 saturated heterocycles. The molecule has 0 radical (unpaired) electrons. The maximum atomic E-state index is 2.54. The Labute approximate surface area is 132 Å². The molecule has 0 nitrogen and oxygen atoms in total. The van der Waals surface area contributed by atoms with Gasteiger partial charge in [-0.25, -0.2) is 0 Å². The fraction of sp³-hybridized carbons (Fsp3) is 0.600. The van der Waals surface area contributed by atoms with Crippen molar-refractivity contribution >= 4 is 8.07 Å². The first kappa shape index (κ1) is 16.5. The summed E-state index contributed by atoms with van der Waals surface area (Å²) < 4.78 is 0. The summed E-state index contributed by atoms with van der Waals surface area (Å²) in [5, 5.41) is 2.11. The number of allylic oxidation sites excluding steroid dienone is 8. The topological polar surface area (TPSA) is 0 Å². The van der Waals surface area contributed by atoms with Gasteiger partial charge in [0.25, 0.3) is 0 Å². The Morgan fingerprint density at radius 3 is 2.48 bits per heavy atom. The van der Waals surface area contributed by atoms with Crippen molar-refractivity contribution in [3.63, 3.8) is 0 Å². The van der Waals surface area contributed by atoms with Crippen LogP contribution in [0.5, 0.6) is 0 Å². The Kier molecular flexibility index (Phi) is 4.82. The van der Waals surface area contributed by atoms with Gasteiger partial charge in [0.15, 0.2) is 0 Å². The molecule has 116 valence electrons. The van der Waals surface area contributed by atoms with Crippen LogP contribution in [0.25, 0.3) is 0 Å². The van der Waals surface area contributed by atoms with E-state index in [1.54, 1.807) is 21.9 Å². The van der Waals surface area contributed by atoms with Crippen molar-refractivity contribution in [3.8, 4) is 0 Å². The van der Waals surface area contributed by atoms with E-state index in [2.05, 4.69) is 65.1 Å². The molecule has 0 aliphatic heterocycles. The zero-order valence-corrected chi connectivity index (χ0v) is 15.8. The van der Waals surface area contributed by atoms with Crippen LogP contribution >= 0.6 is 0 Å². The highest BCUT2D eigenvalue weighted by atomic mass is 28.3. The van der Waals surface area contributed by atoms with Gasteiger partial charge in [-0.05, 0) is 47.4 Å². The lowest BCUT2D eigenvalue weighted by molar-refractivity contribution is 0.725. The van der Waals surface area contributed by atoms with Crippen LogP contribution in [0, 0.1) is 0 Å². The Hall–Kier alpha value is -0.823. The van der Waals surface area contributed by atoms with E-state index in [-0.39, 0.29) is 0 Å². The van der Waals surface area contributed by atoms with E-state index in [4.69, 9.17) is 0 Å². The number of unbranched alkanes of at least 4 members (excludes halogenated alkanes) is 1. The third kappa shape index (κ3) is 3.18. The van der Waals surface area contributed by atoms with Crippen LogP contribution in [-0.4, -0.2) is 8.07 Å². The second-order valence-electron chi connectivity index (χ2n) is 8.06. The monoisotopic (exact) mass is 300 g/mol. The Morgan fingerprint density at radius 1 is 1.14 bits per heavy atom. The van der Waals surface area contributed by atoms with Crippen LogP contribution in [0.1, 0.15) is 59.8 Å². The normalized spacial score (nSPS) is 19.3. The summed E-state index contributed by atoms with van der Waals surface area (Å²) in [6.07, 6.45) is 15.9. The molecule has 21 heavy (non-hydrogen) atoms. The molecule has 1 heteroatoms. The van der Waals surface area contributed by atoms with E-state index in [1.807, 2.05) is 0 Å². The van der Waals surface area contributed by atoms with E-state index in [0.29, 0.717) is 5.04 Å². The van der Waals surface area contributed by atoms with Crippen LogP contribution in [-0.2, 0) is 0 Å². The minimum Gasteiger partial charge on any atom is -0.0802 e. The van der Waals surface area contributed by atoms with Crippen molar-refractivity contribution < 1.29 is 0 Å². The Bertz CT molecular complexity index is 519. The molecule has 2 aliphatic carbocycles. The number of hydrogen-bond donors (Lipinski definition) is 0. The largest absolute Gasteiger partial charge is 0.0863 e. The lowest BCUT2D eigenvalue weighted by Gasteiger charge is -2.39. The summed E-state index contributed by atoms with van der Waals surface area (Å²) in [4.78, 5) is 0. The van der Waals surface area contributed by atoms with E-state index < -0.39 is 8.07 Å². The highest BCUT2D eigenvalue weighted by Crippen LogP contribution is 2.47. The molecular weight excluding hydrogens is 268 g/mol. The molecule has 0 fully saturated rings. The summed E-state index contributed by atoms with van der Waals surface area (Å²) in [5.74, 6) is 0. The van der Waals surface area contributed by atoms with E-state index in [0.717, 1.165) is 12.8 Å². The van der Waals surface area contributed by atoms with Gasteiger partial charge in [-0.3, -0.25) is 0 Å². The zero-order chi connectivity index (χ0) is 15.7. The predicted octanol–water partition coefficient (Wildman–Crippen LogP) is 6.74. The Balaban J connectivity index is 2.35. The summed E-state index contributed by atoms with van der Waals surface area (Å²) in [5.41, 5.74) is 4.86. The van der Waals surface area contributed by atoms with E-state index >= 15 is 0 Å². The van der Waals surface area contributed by atoms with Crippen molar-refractivity contribution in [3.05, 3.63) is 46.2 Å². The van der Waals surface area contributed by atoms with Gasteiger partial charge in [0.05, 0.1) is 8.07 Å². The molecule has 0 amide bonds. The van der Waals surface area contributed by atoms with Crippen molar-refractivity contribution in [2.45, 2.75) is 77.9 Å². The average Bonchev–Trinajstić information content (AvgIpc) is 3.03. The van der Waals surface area contributed by atoms with Gasteiger partial charge in [0.2, 0.25) is 0 Å². The summed E-state index contributed by atoms with van der Waals surface area (Å²) in [7, 11) is -1.44. The van der Waals surface area contributed by atoms with Crippen LogP contribution in [0.4, 0.5) is 0 Å². The van der Waals surface area contributed by atoms with Gasteiger partial charge < -0.3 is 0 Å². The van der Waals surface area contributed by atoms with Crippen LogP contribution < -0.4 is 0 Å². The van der Waals surface area contributed by atoms with Crippen LogP contribution in [0.3, 0.4) is 0 Å².